The molecule has 4 heteroatoms. The van der Waals surface area contributed by atoms with Gasteiger partial charge in [-0.3, -0.25) is 0 Å². The predicted molar refractivity (Wildman–Crippen MR) is 157 cm³/mol. The molecule has 3 aromatic rings. The summed E-state index contributed by atoms with van der Waals surface area (Å²) < 4.78 is 0. The highest BCUT2D eigenvalue weighted by Crippen LogP contribution is 2.64. The molecule has 2 aromatic carbocycles. The van der Waals surface area contributed by atoms with E-state index < -0.39 is 0 Å². The van der Waals surface area contributed by atoms with E-state index in [2.05, 4.69) is 113 Å². The van der Waals surface area contributed by atoms with E-state index in [1.807, 2.05) is 0 Å². The van der Waals surface area contributed by atoms with Gasteiger partial charge in [-0.15, -0.1) is 6.58 Å². The van der Waals surface area contributed by atoms with Crippen LogP contribution in [-0.4, -0.2) is 23.2 Å². The number of nitrogens with zero attached hydrogens (tertiary/aromatic N) is 4. The van der Waals surface area contributed by atoms with Crippen LogP contribution in [0.4, 0.5) is 17.2 Å². The number of unbranched alkanes of at least 4 members (excludes halogenated alkanes) is 1. The number of para-hydroxylation sites is 1. The highest BCUT2D eigenvalue weighted by atomic mass is 15.5. The molecule has 3 heterocycles. The van der Waals surface area contributed by atoms with E-state index in [0.29, 0.717) is 0 Å². The van der Waals surface area contributed by atoms with E-state index >= 15 is 0 Å². The van der Waals surface area contributed by atoms with Gasteiger partial charge in [0.05, 0.1) is 6.20 Å². The Morgan fingerprint density at radius 2 is 1.76 bits per heavy atom. The highest BCUT2D eigenvalue weighted by molar-refractivity contribution is 5.85. The number of fused-ring (bicyclic) bond motifs is 5. The van der Waals surface area contributed by atoms with Crippen LogP contribution in [0.2, 0.25) is 0 Å². The highest BCUT2D eigenvalue weighted by Gasteiger charge is 2.62. The summed E-state index contributed by atoms with van der Waals surface area (Å²) in [7, 11) is 2.22. The Kier molecular flexibility index (Phi) is 6.64. The summed E-state index contributed by atoms with van der Waals surface area (Å²) in [6.07, 6.45) is 11.1. The molecule has 0 saturated carbocycles. The summed E-state index contributed by atoms with van der Waals surface area (Å²) in [6, 6.07) is 15.7. The molecule has 194 valence electrons. The Bertz CT molecular complexity index is 1310. The van der Waals surface area contributed by atoms with Crippen LogP contribution in [0.15, 0.2) is 61.3 Å². The van der Waals surface area contributed by atoms with Crippen LogP contribution in [0.25, 0.3) is 11.4 Å². The average Bonchev–Trinajstić information content (AvgIpc) is 3.24. The lowest BCUT2D eigenvalue weighted by Crippen LogP contribution is -2.63. The van der Waals surface area contributed by atoms with E-state index in [4.69, 9.17) is 9.97 Å². The topological polar surface area (TPSA) is 32.3 Å². The van der Waals surface area contributed by atoms with Crippen molar-refractivity contribution in [2.45, 2.75) is 84.7 Å². The van der Waals surface area contributed by atoms with Crippen LogP contribution >= 0.6 is 0 Å². The molecule has 0 amide bonds. The predicted octanol–water partition coefficient (Wildman–Crippen LogP) is 8.36. The van der Waals surface area contributed by atoms with Crippen molar-refractivity contribution in [1.29, 1.82) is 0 Å². The Labute approximate surface area is 223 Å². The molecule has 0 radical (unpaired) electrons. The van der Waals surface area contributed by atoms with Gasteiger partial charge in [0.25, 0.3) is 0 Å². The third-order valence-electron chi connectivity index (χ3n) is 9.51. The van der Waals surface area contributed by atoms with Crippen LogP contribution in [-0.2, 0) is 11.8 Å². The largest absolute Gasteiger partial charge is 0.336 e. The van der Waals surface area contributed by atoms with Crippen molar-refractivity contribution in [3.05, 3.63) is 78.0 Å². The van der Waals surface area contributed by atoms with E-state index in [0.717, 1.165) is 48.6 Å². The minimum Gasteiger partial charge on any atom is -0.336 e. The maximum atomic E-state index is 5.26. The Morgan fingerprint density at radius 3 is 2.43 bits per heavy atom. The van der Waals surface area contributed by atoms with E-state index in [-0.39, 0.29) is 17.0 Å². The van der Waals surface area contributed by atoms with Crippen molar-refractivity contribution in [1.82, 2.24) is 9.97 Å². The first-order valence-electron chi connectivity index (χ1n) is 14.1. The Balaban J connectivity index is 1.70. The van der Waals surface area contributed by atoms with Gasteiger partial charge >= 0.3 is 0 Å². The normalized spacial score (nSPS) is 21.4. The molecule has 2 unspecified atom stereocenters. The van der Waals surface area contributed by atoms with Gasteiger partial charge in [-0.1, -0.05) is 70.5 Å². The monoisotopic (exact) mass is 494 g/mol. The molecule has 2 aliphatic rings. The van der Waals surface area contributed by atoms with E-state index in [1.54, 1.807) is 0 Å². The smallest absolute Gasteiger partial charge is 0.161 e. The molecule has 1 aromatic heterocycles. The lowest BCUT2D eigenvalue weighted by molar-refractivity contribution is 0.0885. The van der Waals surface area contributed by atoms with Gasteiger partial charge in [0.1, 0.15) is 11.9 Å². The van der Waals surface area contributed by atoms with Crippen LogP contribution in [0.1, 0.15) is 76.5 Å². The zero-order valence-electron chi connectivity index (χ0n) is 23.5. The molecule has 0 saturated heterocycles. The fourth-order valence-corrected chi connectivity index (χ4v) is 7.48. The first-order valence-corrected chi connectivity index (χ1v) is 14.1. The van der Waals surface area contributed by atoms with Crippen molar-refractivity contribution >= 4 is 17.2 Å². The number of allylic oxidation sites excluding steroid dienone is 1. The third-order valence-corrected chi connectivity index (χ3v) is 9.51. The number of hydrogen-bond acceptors (Lipinski definition) is 4. The number of rotatable bonds is 8. The summed E-state index contributed by atoms with van der Waals surface area (Å²) in [5, 5.41) is 0. The number of aryl methyl sites for hydroxylation is 2. The standard InChI is InChI=1S/C33H42N4/c1-8-13-16-24-20-19-23(6)25(21-24)29-34-22-28-30(35-29)36(7)31-33(11-4,12-5)32(9-2,10-3)26-17-14-15-18-27(26)37(28)31/h9,14-15,17-22,31H,2,8,10-13,16H2,1,3-7H3. The first-order chi connectivity index (χ1) is 17.9. The molecule has 2 atom stereocenters. The maximum absolute atomic E-state index is 5.26. The van der Waals surface area contributed by atoms with Crippen LogP contribution in [0, 0.1) is 12.3 Å². The molecule has 37 heavy (non-hydrogen) atoms. The fourth-order valence-electron chi connectivity index (χ4n) is 7.48. The fraction of sp³-hybridized carbons (Fsp3) is 0.455. The van der Waals surface area contributed by atoms with Gasteiger partial charge in [-0.25, -0.2) is 9.97 Å². The molecule has 4 nitrogen and oxygen atoms in total. The number of hydrogen-bond donors (Lipinski definition) is 0. The Hall–Kier alpha value is -3.14. The summed E-state index contributed by atoms with van der Waals surface area (Å²) in [4.78, 5) is 15.2. The van der Waals surface area contributed by atoms with Crippen LogP contribution in [0.5, 0.6) is 0 Å². The van der Waals surface area contributed by atoms with Gasteiger partial charge in [0.15, 0.2) is 11.6 Å². The number of anilines is 3. The Morgan fingerprint density at radius 1 is 1.00 bits per heavy atom. The lowest BCUT2D eigenvalue weighted by atomic mass is 9.52. The summed E-state index contributed by atoms with van der Waals surface area (Å²) in [5.41, 5.74) is 7.31. The molecule has 0 N–H and O–H groups in total. The van der Waals surface area contributed by atoms with Gasteiger partial charge in [-0.05, 0) is 67.9 Å². The zero-order chi connectivity index (χ0) is 26.4. The quantitative estimate of drug-likeness (QED) is 0.294. The van der Waals surface area contributed by atoms with Crippen molar-refractivity contribution in [3.8, 4) is 11.4 Å². The van der Waals surface area contributed by atoms with E-state index in [1.165, 1.54) is 35.2 Å². The molecular formula is C33H42N4. The van der Waals surface area contributed by atoms with Crippen molar-refractivity contribution in [2.24, 2.45) is 5.41 Å². The molecule has 0 fully saturated rings. The summed E-state index contributed by atoms with van der Waals surface area (Å²) in [6.45, 7) is 15.9. The van der Waals surface area contributed by atoms with Gasteiger partial charge < -0.3 is 9.80 Å². The van der Waals surface area contributed by atoms with Crippen molar-refractivity contribution < 1.29 is 0 Å². The molecule has 5 rings (SSSR count). The minimum atomic E-state index is -0.120. The maximum Gasteiger partial charge on any atom is 0.161 e. The number of benzene rings is 2. The van der Waals surface area contributed by atoms with Crippen molar-refractivity contribution in [2.75, 3.05) is 16.8 Å². The van der Waals surface area contributed by atoms with Gasteiger partial charge in [-0.2, -0.15) is 0 Å². The second-order valence-electron chi connectivity index (χ2n) is 10.9. The molecule has 2 aliphatic heterocycles. The lowest BCUT2D eigenvalue weighted by Gasteiger charge is -2.60. The van der Waals surface area contributed by atoms with Gasteiger partial charge in [0.2, 0.25) is 0 Å². The first kappa shape index (κ1) is 25.5. The zero-order valence-corrected chi connectivity index (χ0v) is 23.5. The third kappa shape index (κ3) is 3.48. The van der Waals surface area contributed by atoms with Crippen LogP contribution < -0.4 is 9.80 Å². The average molecular weight is 495 g/mol. The summed E-state index contributed by atoms with van der Waals surface area (Å²) in [5.74, 6) is 1.84. The van der Waals surface area contributed by atoms with Gasteiger partial charge in [0, 0.05) is 29.1 Å². The second-order valence-corrected chi connectivity index (χ2v) is 10.9. The summed E-state index contributed by atoms with van der Waals surface area (Å²) >= 11 is 0. The van der Waals surface area contributed by atoms with Crippen LogP contribution in [0.3, 0.4) is 0 Å². The molecular weight excluding hydrogens is 452 g/mol. The minimum absolute atomic E-state index is 0.0244. The second kappa shape index (κ2) is 9.63. The number of aromatic nitrogens is 2. The van der Waals surface area contributed by atoms with Crippen molar-refractivity contribution in [3.63, 3.8) is 0 Å². The SMILES string of the molecule is C=CC1(CC)c2ccccc2N2c3cnc(-c4cc(CCCC)ccc4C)nc3N(C)C2C1(CC)CC. The molecule has 0 bridgehead atoms. The van der Waals surface area contributed by atoms with E-state index in [9.17, 15) is 0 Å². The molecule has 0 aliphatic carbocycles. The molecule has 0 spiro atoms.